The summed E-state index contributed by atoms with van der Waals surface area (Å²) in [7, 11) is 0. The molecule has 76 heavy (non-hydrogen) atoms. The first-order valence-electron chi connectivity index (χ1n) is 27.9. The van der Waals surface area contributed by atoms with Crippen molar-refractivity contribution < 1.29 is 0 Å². The highest BCUT2D eigenvalue weighted by Crippen LogP contribution is 2.55. The third-order valence-electron chi connectivity index (χ3n) is 17.6. The summed E-state index contributed by atoms with van der Waals surface area (Å²) in [5.41, 5.74) is 23.5. The van der Waals surface area contributed by atoms with Crippen LogP contribution in [0.2, 0.25) is 0 Å². The summed E-state index contributed by atoms with van der Waals surface area (Å²) in [6.07, 6.45) is 8.05. The Hall–Kier alpha value is -8.20. The van der Waals surface area contributed by atoms with Crippen molar-refractivity contribution in [1.29, 1.82) is 0 Å². The molecule has 0 aromatic heterocycles. The van der Waals surface area contributed by atoms with Gasteiger partial charge in [0.1, 0.15) is 0 Å². The van der Waals surface area contributed by atoms with E-state index in [0.717, 1.165) is 34.8 Å². The Morgan fingerprint density at radius 3 is 1.41 bits per heavy atom. The molecule has 2 heteroatoms. The summed E-state index contributed by atoms with van der Waals surface area (Å²) in [6, 6.07) is 92.5. The first-order valence-corrected chi connectivity index (χ1v) is 27.9. The van der Waals surface area contributed by atoms with Gasteiger partial charge in [0.2, 0.25) is 0 Å². The lowest BCUT2D eigenvalue weighted by molar-refractivity contribution is 0.114. The average Bonchev–Trinajstić information content (AvgIpc) is 3.72. The van der Waals surface area contributed by atoms with Crippen molar-refractivity contribution in [3.05, 3.63) is 265 Å². The quantitative estimate of drug-likeness (QED) is 0.120. The van der Waals surface area contributed by atoms with Gasteiger partial charge >= 0.3 is 0 Å². The van der Waals surface area contributed by atoms with Crippen LogP contribution in [0, 0.1) is 17.8 Å². The van der Waals surface area contributed by atoms with E-state index in [1.165, 1.54) is 128 Å². The predicted octanol–water partition coefficient (Wildman–Crippen LogP) is 20.9. The number of nitrogens with zero attached hydrogens (tertiary/aromatic N) is 2. The Balaban J connectivity index is 0.941. The van der Waals surface area contributed by atoms with Gasteiger partial charge in [0, 0.05) is 39.5 Å². The van der Waals surface area contributed by atoms with E-state index in [1.54, 1.807) is 0 Å². The molecule has 10 aromatic carbocycles. The van der Waals surface area contributed by atoms with E-state index in [2.05, 4.69) is 279 Å². The molecular formula is C74H66N2. The third kappa shape index (κ3) is 8.74. The summed E-state index contributed by atoms with van der Waals surface area (Å²) in [5.74, 6) is 3.00. The summed E-state index contributed by atoms with van der Waals surface area (Å²) >= 11 is 0. The van der Waals surface area contributed by atoms with Gasteiger partial charge in [-0.25, -0.2) is 0 Å². The van der Waals surface area contributed by atoms with Crippen LogP contribution >= 0.6 is 0 Å². The van der Waals surface area contributed by atoms with Gasteiger partial charge in [-0.1, -0.05) is 197 Å². The summed E-state index contributed by atoms with van der Waals surface area (Å²) in [5, 5.41) is 0. The van der Waals surface area contributed by atoms with Crippen molar-refractivity contribution in [2.45, 2.75) is 70.6 Å². The lowest BCUT2D eigenvalue weighted by Crippen LogP contribution is -2.32. The Morgan fingerprint density at radius 2 is 0.829 bits per heavy atom. The molecule has 4 atom stereocenters. The summed E-state index contributed by atoms with van der Waals surface area (Å²) in [6.45, 7) is 7.22. The number of anilines is 6. The standard InChI is InChI=1S/C74H66N2/c1-4-51-45-52-33-43-63(57(46-51)47-52)66-30-18-20-32-73(66)76(62-42-44-65-64-29-17-19-31-71(64)74(2,3)72(65)48-62)61-40-36-56(37-41-61)70-50-67(53-21-9-5-10-22-53)69(49-68(70)54-23-11-6-12-24-54)55-34-38-60(39-35-55)75(58-25-13-7-14-26-58)59-27-15-8-16-28-59/h5-32,34-42,44,48-52,57,63H,4,33,43,45-47H2,1-3H3/t51-,52-,57-,63+/m1/s1. The predicted molar refractivity (Wildman–Crippen MR) is 322 cm³/mol. The number of hydrogen-bond donors (Lipinski definition) is 0. The van der Waals surface area contributed by atoms with E-state index < -0.39 is 0 Å². The third-order valence-corrected chi connectivity index (χ3v) is 17.6. The molecule has 0 aliphatic heterocycles. The Morgan fingerprint density at radius 1 is 0.368 bits per heavy atom. The number of para-hydroxylation sites is 3. The van der Waals surface area contributed by atoms with E-state index in [9.17, 15) is 0 Å². The van der Waals surface area contributed by atoms with E-state index >= 15 is 0 Å². The minimum atomic E-state index is -0.115. The maximum atomic E-state index is 2.60. The van der Waals surface area contributed by atoms with Crippen LogP contribution in [0.5, 0.6) is 0 Å². The lowest BCUT2D eigenvalue weighted by Gasteiger charge is -2.45. The molecule has 10 aromatic rings. The van der Waals surface area contributed by atoms with Gasteiger partial charge in [0.15, 0.2) is 0 Å². The molecule has 0 radical (unpaired) electrons. The van der Waals surface area contributed by atoms with Gasteiger partial charge in [-0.2, -0.15) is 0 Å². The molecule has 0 spiro atoms. The molecule has 0 N–H and O–H groups in total. The first kappa shape index (κ1) is 47.5. The molecule has 0 unspecified atom stereocenters. The van der Waals surface area contributed by atoms with Gasteiger partial charge in [-0.3, -0.25) is 0 Å². The van der Waals surface area contributed by atoms with Crippen LogP contribution in [0.15, 0.2) is 249 Å². The summed E-state index contributed by atoms with van der Waals surface area (Å²) in [4.78, 5) is 4.93. The van der Waals surface area contributed by atoms with Gasteiger partial charge in [0.25, 0.3) is 0 Å². The zero-order valence-corrected chi connectivity index (χ0v) is 44.1. The molecular weight excluding hydrogens is 917 g/mol. The number of benzene rings is 10. The van der Waals surface area contributed by atoms with Crippen molar-refractivity contribution in [3.8, 4) is 55.6 Å². The molecule has 2 bridgehead atoms. The largest absolute Gasteiger partial charge is 0.311 e. The van der Waals surface area contributed by atoms with Crippen LogP contribution in [0.25, 0.3) is 55.6 Å². The van der Waals surface area contributed by atoms with Crippen molar-refractivity contribution in [2.24, 2.45) is 17.8 Å². The van der Waals surface area contributed by atoms with Crippen molar-refractivity contribution >= 4 is 34.1 Å². The molecule has 0 amide bonds. The highest BCUT2D eigenvalue weighted by molar-refractivity contribution is 5.96. The molecule has 2 saturated carbocycles. The highest BCUT2D eigenvalue weighted by Gasteiger charge is 2.40. The van der Waals surface area contributed by atoms with E-state index in [0.29, 0.717) is 5.92 Å². The molecule has 0 saturated heterocycles. The van der Waals surface area contributed by atoms with Gasteiger partial charge in [-0.15, -0.1) is 0 Å². The Bertz CT molecular complexity index is 3600. The Labute approximate surface area is 451 Å². The van der Waals surface area contributed by atoms with Crippen LogP contribution < -0.4 is 9.80 Å². The van der Waals surface area contributed by atoms with Crippen LogP contribution in [0.4, 0.5) is 34.1 Å². The zero-order chi connectivity index (χ0) is 51.2. The molecule has 2 fully saturated rings. The molecule has 13 rings (SSSR count). The number of hydrogen-bond acceptors (Lipinski definition) is 2. The van der Waals surface area contributed by atoms with Gasteiger partial charge in [-0.05, 0) is 207 Å². The minimum Gasteiger partial charge on any atom is -0.311 e. The van der Waals surface area contributed by atoms with Gasteiger partial charge < -0.3 is 9.80 Å². The van der Waals surface area contributed by atoms with Crippen LogP contribution in [-0.2, 0) is 5.41 Å². The summed E-state index contributed by atoms with van der Waals surface area (Å²) < 4.78 is 0. The van der Waals surface area contributed by atoms with Crippen molar-refractivity contribution in [3.63, 3.8) is 0 Å². The van der Waals surface area contributed by atoms with Crippen LogP contribution in [-0.4, -0.2) is 0 Å². The number of fused-ring (bicyclic) bond motifs is 5. The maximum Gasteiger partial charge on any atom is 0.0496 e. The molecule has 372 valence electrons. The fourth-order valence-corrected chi connectivity index (χ4v) is 13.8. The fraction of sp³-hybridized carbons (Fsp3) is 0.189. The van der Waals surface area contributed by atoms with Crippen LogP contribution in [0.1, 0.15) is 81.9 Å². The van der Waals surface area contributed by atoms with E-state index in [4.69, 9.17) is 0 Å². The molecule has 2 nitrogen and oxygen atoms in total. The Kier molecular flexibility index (Phi) is 12.6. The highest BCUT2D eigenvalue weighted by atomic mass is 15.1. The second-order valence-corrected chi connectivity index (χ2v) is 22.4. The SMILES string of the molecule is CC[C@@H]1C[C@H]2CC[C@H](c3ccccc3N(c3ccc(-c4cc(-c5ccccc5)c(-c5ccc(N(c6ccccc6)c6ccccc6)cc5)cc4-c4ccccc4)cc3)c3ccc4c(c3)C(C)(C)c3ccccc3-4)[C@H](C1)C2. The molecule has 3 aliphatic rings. The van der Waals surface area contributed by atoms with Crippen molar-refractivity contribution in [2.75, 3.05) is 9.80 Å². The second-order valence-electron chi connectivity index (χ2n) is 22.4. The second kappa shape index (κ2) is 20.2. The van der Waals surface area contributed by atoms with Crippen LogP contribution in [0.3, 0.4) is 0 Å². The monoisotopic (exact) mass is 983 g/mol. The first-order chi connectivity index (χ1) is 37.4. The average molecular weight is 983 g/mol. The smallest absolute Gasteiger partial charge is 0.0496 e. The number of rotatable bonds is 12. The molecule has 3 aliphatic carbocycles. The minimum absolute atomic E-state index is 0.115. The fourth-order valence-electron chi connectivity index (χ4n) is 13.8. The van der Waals surface area contributed by atoms with Crippen molar-refractivity contribution in [1.82, 2.24) is 0 Å². The topological polar surface area (TPSA) is 6.48 Å². The zero-order valence-electron chi connectivity index (χ0n) is 44.1. The maximum absolute atomic E-state index is 2.60. The van der Waals surface area contributed by atoms with E-state index in [1.807, 2.05) is 0 Å². The lowest BCUT2D eigenvalue weighted by atomic mass is 9.61. The molecule has 0 heterocycles. The van der Waals surface area contributed by atoms with E-state index in [-0.39, 0.29) is 5.41 Å². The normalized spacial score (nSPS) is 18.1. The van der Waals surface area contributed by atoms with Gasteiger partial charge in [0.05, 0.1) is 0 Å².